The largest absolute Gasteiger partial charge is 0.336 e. The number of para-hydroxylation sites is 1. The number of hydrogen-bond donors (Lipinski definition) is 1. The van der Waals surface area contributed by atoms with Gasteiger partial charge in [0, 0.05) is 13.1 Å². The van der Waals surface area contributed by atoms with Crippen LogP contribution in [0.25, 0.3) is 5.69 Å². The minimum absolute atomic E-state index is 0.0354. The Bertz CT molecular complexity index is 814. The molecule has 6 heteroatoms. The lowest BCUT2D eigenvalue weighted by Gasteiger charge is -2.19. The van der Waals surface area contributed by atoms with Crippen molar-refractivity contribution in [1.82, 2.24) is 25.0 Å². The Kier molecular flexibility index (Phi) is 5.00. The van der Waals surface area contributed by atoms with Crippen LogP contribution in [-0.2, 0) is 0 Å². The van der Waals surface area contributed by atoms with Crippen LogP contribution < -0.4 is 5.32 Å². The van der Waals surface area contributed by atoms with E-state index in [1.54, 1.807) is 0 Å². The Labute approximate surface area is 161 Å². The number of benzene rings is 1. The molecular formula is C21H29N5O. The third kappa shape index (κ3) is 3.50. The number of carbonyl (C=O) groups excluding carboxylic acids is 1. The van der Waals surface area contributed by atoms with Crippen molar-refractivity contribution < 1.29 is 4.79 Å². The summed E-state index contributed by atoms with van der Waals surface area (Å²) >= 11 is 0. The summed E-state index contributed by atoms with van der Waals surface area (Å²) < 4.78 is 1.82. The normalized spacial score (nSPS) is 22.7. The van der Waals surface area contributed by atoms with Gasteiger partial charge < -0.3 is 10.2 Å². The fourth-order valence-corrected chi connectivity index (χ4v) is 4.44. The molecule has 6 nitrogen and oxygen atoms in total. The Morgan fingerprint density at radius 1 is 1.15 bits per heavy atom. The molecule has 2 saturated heterocycles. The summed E-state index contributed by atoms with van der Waals surface area (Å²) in [5.74, 6) is 2.81. The van der Waals surface area contributed by atoms with Gasteiger partial charge in [-0.05, 0) is 62.2 Å². The van der Waals surface area contributed by atoms with Crippen LogP contribution in [0.2, 0.25) is 0 Å². The van der Waals surface area contributed by atoms with Crippen molar-refractivity contribution in [3.63, 3.8) is 0 Å². The average molecular weight is 367 g/mol. The summed E-state index contributed by atoms with van der Waals surface area (Å²) in [4.78, 5) is 19.5. The maximum absolute atomic E-state index is 13.1. The van der Waals surface area contributed by atoms with E-state index in [0.717, 1.165) is 50.5 Å². The SMILES string of the molecule is Cc1nc(C(=O)N2CC[C@@H]3CNC[C@@H]3CC2)nn1-c1ccccc1C(C)C. The fraction of sp³-hybridized carbons (Fsp3) is 0.571. The van der Waals surface area contributed by atoms with Gasteiger partial charge in [-0.2, -0.15) is 0 Å². The van der Waals surface area contributed by atoms with Gasteiger partial charge in [-0.25, -0.2) is 9.67 Å². The van der Waals surface area contributed by atoms with Crippen LogP contribution in [0.4, 0.5) is 0 Å². The van der Waals surface area contributed by atoms with Gasteiger partial charge in [-0.15, -0.1) is 5.10 Å². The van der Waals surface area contributed by atoms with Crippen molar-refractivity contribution >= 4 is 5.91 Å². The second-order valence-electron chi connectivity index (χ2n) is 8.16. The zero-order valence-corrected chi connectivity index (χ0v) is 16.5. The smallest absolute Gasteiger partial charge is 0.293 e. The van der Waals surface area contributed by atoms with E-state index in [1.807, 2.05) is 34.7 Å². The van der Waals surface area contributed by atoms with Crippen LogP contribution in [0.5, 0.6) is 0 Å². The Morgan fingerprint density at radius 2 is 1.81 bits per heavy atom. The molecule has 1 N–H and O–H groups in total. The molecule has 27 heavy (non-hydrogen) atoms. The van der Waals surface area contributed by atoms with Gasteiger partial charge in [0.2, 0.25) is 5.82 Å². The summed E-state index contributed by atoms with van der Waals surface area (Å²) in [6.45, 7) is 10.0. The summed E-state index contributed by atoms with van der Waals surface area (Å²) in [5.41, 5.74) is 2.22. The number of amides is 1. The molecule has 144 valence electrons. The van der Waals surface area contributed by atoms with E-state index in [0.29, 0.717) is 23.6 Å². The van der Waals surface area contributed by atoms with Crippen LogP contribution in [-0.4, -0.2) is 51.8 Å². The van der Waals surface area contributed by atoms with Gasteiger partial charge in [0.05, 0.1) is 5.69 Å². The molecular weight excluding hydrogens is 338 g/mol. The minimum atomic E-state index is -0.0354. The molecule has 2 aromatic rings. The molecule has 0 spiro atoms. The van der Waals surface area contributed by atoms with E-state index in [1.165, 1.54) is 5.56 Å². The number of likely N-dealkylation sites (tertiary alicyclic amines) is 1. The molecule has 2 aliphatic heterocycles. The van der Waals surface area contributed by atoms with Crippen molar-refractivity contribution in [2.24, 2.45) is 11.8 Å². The zero-order chi connectivity index (χ0) is 19.0. The van der Waals surface area contributed by atoms with Gasteiger partial charge in [-0.1, -0.05) is 32.0 Å². The van der Waals surface area contributed by atoms with E-state index in [9.17, 15) is 4.79 Å². The first-order chi connectivity index (χ1) is 13.0. The summed E-state index contributed by atoms with van der Waals surface area (Å²) in [7, 11) is 0. The minimum Gasteiger partial charge on any atom is -0.336 e. The van der Waals surface area contributed by atoms with E-state index in [2.05, 4.69) is 35.3 Å². The third-order valence-electron chi connectivity index (χ3n) is 6.05. The fourth-order valence-electron chi connectivity index (χ4n) is 4.44. The highest BCUT2D eigenvalue weighted by molar-refractivity contribution is 5.90. The number of aryl methyl sites for hydroxylation is 1. The molecule has 0 aliphatic carbocycles. The number of rotatable bonds is 3. The van der Waals surface area contributed by atoms with Gasteiger partial charge in [-0.3, -0.25) is 4.79 Å². The van der Waals surface area contributed by atoms with Gasteiger partial charge in [0.1, 0.15) is 5.82 Å². The molecule has 0 radical (unpaired) electrons. The molecule has 2 atom stereocenters. The first-order valence-corrected chi connectivity index (χ1v) is 10.1. The summed E-state index contributed by atoms with van der Waals surface area (Å²) in [6.07, 6.45) is 2.14. The van der Waals surface area contributed by atoms with Crippen molar-refractivity contribution in [2.75, 3.05) is 26.2 Å². The topological polar surface area (TPSA) is 63.1 Å². The highest BCUT2D eigenvalue weighted by Crippen LogP contribution is 2.28. The molecule has 1 amide bonds. The Morgan fingerprint density at radius 3 is 2.48 bits per heavy atom. The maximum Gasteiger partial charge on any atom is 0.293 e. The van der Waals surface area contributed by atoms with Crippen LogP contribution in [0.1, 0.15) is 54.6 Å². The highest BCUT2D eigenvalue weighted by atomic mass is 16.2. The third-order valence-corrected chi connectivity index (χ3v) is 6.05. The van der Waals surface area contributed by atoms with Crippen LogP contribution in [0.3, 0.4) is 0 Å². The molecule has 2 fully saturated rings. The zero-order valence-electron chi connectivity index (χ0n) is 16.5. The molecule has 2 aliphatic rings. The number of nitrogens with zero attached hydrogens (tertiary/aromatic N) is 4. The molecule has 0 unspecified atom stereocenters. The summed E-state index contributed by atoms with van der Waals surface area (Å²) in [6, 6.07) is 8.21. The predicted molar refractivity (Wildman–Crippen MR) is 105 cm³/mol. The number of carbonyl (C=O) groups is 1. The second-order valence-corrected chi connectivity index (χ2v) is 8.16. The lowest BCUT2D eigenvalue weighted by atomic mass is 9.92. The van der Waals surface area contributed by atoms with Crippen molar-refractivity contribution in [3.05, 3.63) is 41.5 Å². The Balaban J connectivity index is 1.57. The van der Waals surface area contributed by atoms with Crippen molar-refractivity contribution in [2.45, 2.75) is 39.5 Å². The molecule has 3 heterocycles. The van der Waals surface area contributed by atoms with Crippen molar-refractivity contribution in [1.29, 1.82) is 0 Å². The van der Waals surface area contributed by atoms with Crippen molar-refractivity contribution in [3.8, 4) is 5.69 Å². The summed E-state index contributed by atoms with van der Waals surface area (Å²) in [5, 5.41) is 8.08. The number of hydrogen-bond acceptors (Lipinski definition) is 4. The van der Waals surface area contributed by atoms with E-state index < -0.39 is 0 Å². The molecule has 1 aromatic heterocycles. The monoisotopic (exact) mass is 367 g/mol. The van der Waals surface area contributed by atoms with Crippen LogP contribution in [0, 0.1) is 18.8 Å². The van der Waals surface area contributed by atoms with Crippen LogP contribution in [0.15, 0.2) is 24.3 Å². The first kappa shape index (κ1) is 18.2. The standard InChI is InChI=1S/C21H29N5O/c1-14(2)18-6-4-5-7-19(18)26-15(3)23-20(24-26)21(27)25-10-8-16-12-22-13-17(16)9-11-25/h4-7,14,16-17,22H,8-13H2,1-3H3/t16-,17+. The molecule has 1 aromatic carbocycles. The van der Waals surface area contributed by atoms with E-state index in [-0.39, 0.29) is 5.91 Å². The first-order valence-electron chi connectivity index (χ1n) is 10.1. The van der Waals surface area contributed by atoms with E-state index in [4.69, 9.17) is 0 Å². The lowest BCUT2D eigenvalue weighted by Crippen LogP contribution is -2.33. The van der Waals surface area contributed by atoms with E-state index >= 15 is 0 Å². The molecule has 0 bridgehead atoms. The van der Waals surface area contributed by atoms with Gasteiger partial charge >= 0.3 is 0 Å². The quantitative estimate of drug-likeness (QED) is 0.906. The number of aromatic nitrogens is 3. The van der Waals surface area contributed by atoms with Gasteiger partial charge in [0.15, 0.2) is 0 Å². The maximum atomic E-state index is 13.1. The predicted octanol–water partition coefficient (Wildman–Crippen LogP) is 2.77. The lowest BCUT2D eigenvalue weighted by molar-refractivity contribution is 0.0746. The van der Waals surface area contributed by atoms with Gasteiger partial charge in [0.25, 0.3) is 5.91 Å². The second kappa shape index (κ2) is 7.43. The average Bonchev–Trinajstić information content (AvgIpc) is 3.22. The molecule has 4 rings (SSSR count). The number of nitrogens with one attached hydrogen (secondary N) is 1. The Hall–Kier alpha value is -2.21. The number of fused-ring (bicyclic) bond motifs is 1. The highest BCUT2D eigenvalue weighted by Gasteiger charge is 2.32. The van der Waals surface area contributed by atoms with Crippen LogP contribution >= 0.6 is 0 Å². The molecule has 0 saturated carbocycles.